The number of carbonyl (C=O) groups excluding carboxylic acids is 1. The molecular formula is C13H17NO2. The molecule has 3 nitrogen and oxygen atoms in total. The molecule has 3 heteroatoms. The van der Waals surface area contributed by atoms with Crippen LogP contribution in [-0.2, 0) is 11.2 Å². The maximum Gasteiger partial charge on any atom is 0.354 e. The van der Waals surface area contributed by atoms with Crippen LogP contribution in [0.4, 0.5) is 0 Å². The molecule has 0 amide bonds. The van der Waals surface area contributed by atoms with E-state index in [0.717, 1.165) is 12.8 Å². The van der Waals surface area contributed by atoms with Gasteiger partial charge in [0.05, 0.1) is 6.61 Å². The molecule has 1 heterocycles. The van der Waals surface area contributed by atoms with E-state index in [1.165, 1.54) is 22.4 Å². The lowest BCUT2D eigenvalue weighted by atomic mass is 10.1. The average molecular weight is 219 g/mol. The quantitative estimate of drug-likeness (QED) is 0.777. The van der Waals surface area contributed by atoms with E-state index < -0.39 is 0 Å². The van der Waals surface area contributed by atoms with Gasteiger partial charge in [-0.1, -0.05) is 5.57 Å². The van der Waals surface area contributed by atoms with Gasteiger partial charge < -0.3 is 9.72 Å². The number of carbonyl (C=O) groups is 1. The van der Waals surface area contributed by atoms with Crippen LogP contribution in [0.5, 0.6) is 0 Å². The van der Waals surface area contributed by atoms with Crippen molar-refractivity contribution in [1.29, 1.82) is 0 Å². The van der Waals surface area contributed by atoms with Crippen molar-refractivity contribution >= 4 is 11.5 Å². The Kier molecular flexibility index (Phi) is 2.86. The zero-order valence-corrected chi connectivity index (χ0v) is 10.0. The van der Waals surface area contributed by atoms with Gasteiger partial charge in [-0.15, -0.1) is 0 Å². The summed E-state index contributed by atoms with van der Waals surface area (Å²) in [5, 5.41) is 0. The first kappa shape index (κ1) is 11.0. The van der Waals surface area contributed by atoms with E-state index in [-0.39, 0.29) is 5.97 Å². The minimum Gasteiger partial charge on any atom is -0.461 e. The van der Waals surface area contributed by atoms with Gasteiger partial charge in [-0.05, 0) is 50.8 Å². The topological polar surface area (TPSA) is 42.1 Å². The van der Waals surface area contributed by atoms with Crippen molar-refractivity contribution in [3.8, 4) is 0 Å². The van der Waals surface area contributed by atoms with Gasteiger partial charge in [0.2, 0.25) is 0 Å². The molecule has 0 bridgehead atoms. The number of rotatable bonds is 2. The first-order chi connectivity index (χ1) is 7.63. The van der Waals surface area contributed by atoms with Gasteiger partial charge in [-0.3, -0.25) is 0 Å². The van der Waals surface area contributed by atoms with Crippen LogP contribution in [-0.4, -0.2) is 17.6 Å². The molecule has 1 aliphatic carbocycles. The lowest BCUT2D eigenvalue weighted by Gasteiger charge is -2.00. The molecule has 0 fully saturated rings. The maximum atomic E-state index is 11.6. The number of aromatic nitrogens is 1. The van der Waals surface area contributed by atoms with E-state index >= 15 is 0 Å². The zero-order valence-electron chi connectivity index (χ0n) is 10.0. The highest BCUT2D eigenvalue weighted by Crippen LogP contribution is 2.34. The summed E-state index contributed by atoms with van der Waals surface area (Å²) in [6.07, 6.45) is 2.07. The molecule has 0 saturated heterocycles. The summed E-state index contributed by atoms with van der Waals surface area (Å²) in [4.78, 5) is 14.7. The second kappa shape index (κ2) is 4.16. The van der Waals surface area contributed by atoms with Crippen molar-refractivity contribution in [2.24, 2.45) is 0 Å². The number of aromatic amines is 1. The van der Waals surface area contributed by atoms with Gasteiger partial charge in [0.25, 0.3) is 0 Å². The first-order valence-corrected chi connectivity index (χ1v) is 5.69. The van der Waals surface area contributed by atoms with E-state index in [1.54, 1.807) is 0 Å². The van der Waals surface area contributed by atoms with Gasteiger partial charge in [0.1, 0.15) is 5.69 Å². The summed E-state index contributed by atoms with van der Waals surface area (Å²) in [6.45, 7) is 6.46. The Morgan fingerprint density at radius 2 is 2.19 bits per heavy atom. The minimum absolute atomic E-state index is 0.259. The fourth-order valence-corrected chi connectivity index (χ4v) is 2.19. The van der Waals surface area contributed by atoms with E-state index in [9.17, 15) is 4.79 Å². The zero-order chi connectivity index (χ0) is 11.7. The fraction of sp³-hybridized carbons (Fsp3) is 0.462. The number of ether oxygens (including phenoxy) is 1. The highest BCUT2D eigenvalue weighted by molar-refractivity contribution is 5.90. The lowest BCUT2D eigenvalue weighted by Crippen LogP contribution is -2.05. The van der Waals surface area contributed by atoms with Crippen LogP contribution in [0.1, 0.15) is 48.9 Å². The molecule has 1 aromatic rings. The van der Waals surface area contributed by atoms with Crippen LogP contribution in [0.25, 0.3) is 5.57 Å². The number of fused-ring (bicyclic) bond motifs is 1. The molecule has 86 valence electrons. The molecule has 0 aliphatic heterocycles. The Bertz CT molecular complexity index is 450. The second-order valence-corrected chi connectivity index (χ2v) is 4.27. The molecule has 1 aliphatic rings. The standard InChI is InChI=1S/C13H17NO2/c1-4-16-13(15)12-7-10-9(8(2)3)5-6-11(10)14-12/h7,14H,4-6H2,1-3H3. The van der Waals surface area contributed by atoms with Crippen molar-refractivity contribution < 1.29 is 9.53 Å². The molecule has 1 aromatic heterocycles. The molecule has 0 aromatic carbocycles. The average Bonchev–Trinajstić information content (AvgIpc) is 2.74. The highest BCUT2D eigenvalue weighted by Gasteiger charge is 2.22. The van der Waals surface area contributed by atoms with Crippen LogP contribution in [0.3, 0.4) is 0 Å². The van der Waals surface area contributed by atoms with E-state index in [2.05, 4.69) is 18.8 Å². The van der Waals surface area contributed by atoms with Crippen LogP contribution in [0.15, 0.2) is 11.6 Å². The van der Waals surface area contributed by atoms with E-state index in [4.69, 9.17) is 4.74 Å². The van der Waals surface area contributed by atoms with Gasteiger partial charge in [-0.2, -0.15) is 0 Å². The summed E-state index contributed by atoms with van der Waals surface area (Å²) in [5.41, 5.74) is 5.63. The number of allylic oxidation sites excluding steroid dienone is 2. The Labute approximate surface area is 95.5 Å². The normalized spacial score (nSPS) is 13.8. The largest absolute Gasteiger partial charge is 0.461 e. The number of H-pyrrole nitrogens is 1. The third kappa shape index (κ3) is 1.77. The summed E-state index contributed by atoms with van der Waals surface area (Å²) in [6, 6.07) is 1.92. The number of nitrogens with one attached hydrogen (secondary N) is 1. The number of hydrogen-bond acceptors (Lipinski definition) is 2. The smallest absolute Gasteiger partial charge is 0.354 e. The van der Waals surface area contributed by atoms with Crippen molar-refractivity contribution in [1.82, 2.24) is 4.98 Å². The van der Waals surface area contributed by atoms with Crippen LogP contribution < -0.4 is 0 Å². The predicted molar refractivity (Wildman–Crippen MR) is 63.3 cm³/mol. The summed E-state index contributed by atoms with van der Waals surface area (Å²) in [7, 11) is 0. The van der Waals surface area contributed by atoms with Crippen LogP contribution >= 0.6 is 0 Å². The predicted octanol–water partition coefficient (Wildman–Crippen LogP) is 2.93. The number of hydrogen-bond donors (Lipinski definition) is 1. The van der Waals surface area contributed by atoms with Crippen LogP contribution in [0.2, 0.25) is 0 Å². The molecule has 0 atom stereocenters. The summed E-state index contributed by atoms with van der Waals surface area (Å²) < 4.78 is 4.97. The minimum atomic E-state index is -0.259. The molecule has 16 heavy (non-hydrogen) atoms. The summed E-state index contributed by atoms with van der Waals surface area (Å²) in [5.74, 6) is -0.259. The van der Waals surface area contributed by atoms with Gasteiger partial charge >= 0.3 is 5.97 Å². The van der Waals surface area contributed by atoms with Gasteiger partial charge in [0.15, 0.2) is 0 Å². The third-order valence-corrected chi connectivity index (χ3v) is 2.95. The van der Waals surface area contributed by atoms with Crippen molar-refractivity contribution in [3.05, 3.63) is 28.6 Å². The molecule has 0 radical (unpaired) electrons. The third-order valence-electron chi connectivity index (χ3n) is 2.95. The molecule has 1 N–H and O–H groups in total. The highest BCUT2D eigenvalue weighted by atomic mass is 16.5. The monoisotopic (exact) mass is 219 g/mol. The molecule has 0 saturated carbocycles. The molecular weight excluding hydrogens is 202 g/mol. The Morgan fingerprint density at radius 3 is 2.81 bits per heavy atom. The van der Waals surface area contributed by atoms with Crippen LogP contribution in [0, 0.1) is 0 Å². The fourth-order valence-electron chi connectivity index (χ4n) is 2.19. The first-order valence-electron chi connectivity index (χ1n) is 5.69. The van der Waals surface area contributed by atoms with Gasteiger partial charge in [0, 0.05) is 5.69 Å². The van der Waals surface area contributed by atoms with E-state index in [0.29, 0.717) is 12.3 Å². The van der Waals surface area contributed by atoms with Crippen molar-refractivity contribution in [2.45, 2.75) is 33.6 Å². The van der Waals surface area contributed by atoms with Crippen molar-refractivity contribution in [3.63, 3.8) is 0 Å². The lowest BCUT2D eigenvalue weighted by molar-refractivity contribution is 0.0520. The van der Waals surface area contributed by atoms with E-state index in [1.807, 2.05) is 13.0 Å². The second-order valence-electron chi connectivity index (χ2n) is 4.27. The SMILES string of the molecule is CCOC(=O)c1cc2c([nH]1)CCC2=C(C)C. The number of esters is 1. The molecule has 0 unspecified atom stereocenters. The Balaban J connectivity index is 2.33. The Hall–Kier alpha value is -1.51. The number of aryl methyl sites for hydroxylation is 1. The molecule has 0 spiro atoms. The van der Waals surface area contributed by atoms with Gasteiger partial charge in [-0.25, -0.2) is 4.79 Å². The maximum absolute atomic E-state index is 11.6. The summed E-state index contributed by atoms with van der Waals surface area (Å²) >= 11 is 0. The molecule has 2 rings (SSSR count). The Morgan fingerprint density at radius 1 is 1.44 bits per heavy atom. The van der Waals surface area contributed by atoms with Crippen molar-refractivity contribution in [2.75, 3.05) is 6.61 Å².